The Morgan fingerprint density at radius 1 is 0.811 bits per heavy atom. The number of H-pyrrole nitrogens is 2. The maximum Gasteiger partial charge on any atom is 0.123 e. The molecule has 0 unspecified atom stereocenters. The molecule has 0 spiro atoms. The molecular weight excluding hydrogens is 462 g/mol. The quantitative estimate of drug-likeness (QED) is 0.253. The highest BCUT2D eigenvalue weighted by Crippen LogP contribution is 2.35. The van der Waals surface area contributed by atoms with Crippen LogP contribution in [-0.2, 0) is 11.3 Å². The van der Waals surface area contributed by atoms with Gasteiger partial charge < -0.3 is 29.9 Å². The molecule has 4 N–H and O–H groups in total. The number of nitrogens with one attached hydrogen (secondary N) is 4. The van der Waals surface area contributed by atoms with Gasteiger partial charge in [0.05, 0.1) is 42.5 Å². The molecule has 2 aliphatic rings. The van der Waals surface area contributed by atoms with Crippen LogP contribution >= 0.6 is 0 Å². The van der Waals surface area contributed by atoms with Crippen molar-refractivity contribution < 1.29 is 4.74 Å². The molecule has 2 atom stereocenters. The Bertz CT molecular complexity index is 1440. The van der Waals surface area contributed by atoms with Crippen LogP contribution in [0.25, 0.3) is 44.3 Å². The minimum absolute atomic E-state index is 0.330. The summed E-state index contributed by atoms with van der Waals surface area (Å²) < 4.78 is 7.88. The summed E-state index contributed by atoms with van der Waals surface area (Å²) in [5, 5.41) is 9.56. The number of imidazole rings is 2. The highest BCUT2D eigenvalue weighted by atomic mass is 16.5. The molecule has 2 saturated heterocycles. The number of hydrogen-bond acceptors (Lipinski definition) is 5. The van der Waals surface area contributed by atoms with Crippen molar-refractivity contribution in [3.8, 4) is 22.5 Å². The number of hydrogen-bond donors (Lipinski definition) is 4. The van der Waals surface area contributed by atoms with Gasteiger partial charge >= 0.3 is 0 Å². The lowest BCUT2D eigenvalue weighted by molar-refractivity contribution is 0.189. The fourth-order valence-electron chi connectivity index (χ4n) is 6.01. The minimum Gasteiger partial charge on any atom is -0.383 e. The van der Waals surface area contributed by atoms with E-state index in [-0.39, 0.29) is 0 Å². The molecule has 190 valence electrons. The van der Waals surface area contributed by atoms with Crippen molar-refractivity contribution >= 4 is 21.8 Å². The topological polar surface area (TPSA) is 95.6 Å². The van der Waals surface area contributed by atoms with Gasteiger partial charge in [0.2, 0.25) is 0 Å². The largest absolute Gasteiger partial charge is 0.383 e. The zero-order chi connectivity index (χ0) is 24.8. The number of ether oxygens (including phenoxy) is 1. The molecule has 2 fully saturated rings. The Hall–Kier alpha value is -3.46. The lowest BCUT2D eigenvalue weighted by Gasteiger charge is -2.09. The Balaban J connectivity index is 1.29. The van der Waals surface area contributed by atoms with E-state index >= 15 is 0 Å². The van der Waals surface area contributed by atoms with Gasteiger partial charge in [0.15, 0.2) is 0 Å². The van der Waals surface area contributed by atoms with E-state index in [9.17, 15) is 0 Å². The van der Waals surface area contributed by atoms with E-state index in [0.29, 0.717) is 18.7 Å². The van der Waals surface area contributed by atoms with Crippen molar-refractivity contribution in [2.24, 2.45) is 0 Å². The van der Waals surface area contributed by atoms with E-state index in [0.717, 1.165) is 66.6 Å². The van der Waals surface area contributed by atoms with Gasteiger partial charge in [0, 0.05) is 46.6 Å². The van der Waals surface area contributed by atoms with Crippen LogP contribution in [0.2, 0.25) is 0 Å². The number of rotatable bonds is 7. The Kier molecular flexibility index (Phi) is 5.80. The normalized spacial score (nSPS) is 20.0. The van der Waals surface area contributed by atoms with E-state index in [2.05, 4.69) is 71.5 Å². The van der Waals surface area contributed by atoms with E-state index in [1.165, 1.54) is 34.6 Å². The second-order valence-corrected chi connectivity index (χ2v) is 10.3. The molecule has 0 bridgehead atoms. The van der Waals surface area contributed by atoms with E-state index in [1.807, 2.05) is 12.4 Å². The summed E-state index contributed by atoms with van der Waals surface area (Å²) in [7, 11) is 1.76. The molecule has 0 aliphatic carbocycles. The van der Waals surface area contributed by atoms with Gasteiger partial charge in [0.1, 0.15) is 11.6 Å². The maximum atomic E-state index is 5.50. The zero-order valence-electron chi connectivity index (χ0n) is 21.2. The first-order chi connectivity index (χ1) is 18.3. The molecule has 0 saturated carbocycles. The average molecular weight is 496 g/mol. The van der Waals surface area contributed by atoms with Gasteiger partial charge in [-0.25, -0.2) is 9.97 Å². The van der Waals surface area contributed by atoms with E-state index in [4.69, 9.17) is 4.74 Å². The number of aromatic amines is 2. The van der Waals surface area contributed by atoms with E-state index < -0.39 is 0 Å². The smallest absolute Gasteiger partial charge is 0.123 e. The third kappa shape index (κ3) is 4.05. The van der Waals surface area contributed by atoms with Crippen LogP contribution in [0.3, 0.4) is 0 Å². The summed E-state index contributed by atoms with van der Waals surface area (Å²) >= 11 is 0. The van der Waals surface area contributed by atoms with Crippen molar-refractivity contribution in [1.82, 2.24) is 35.1 Å². The first kappa shape index (κ1) is 22.7. The number of methoxy groups -OCH3 is 1. The minimum atomic E-state index is 0.330. The Labute approximate surface area is 215 Å². The first-order valence-corrected chi connectivity index (χ1v) is 13.4. The predicted octanol–water partition coefficient (Wildman–Crippen LogP) is 5.07. The summed E-state index contributed by atoms with van der Waals surface area (Å²) in [6.45, 7) is 3.55. The van der Waals surface area contributed by atoms with Crippen molar-refractivity contribution in [1.29, 1.82) is 0 Å². The van der Waals surface area contributed by atoms with Gasteiger partial charge in [-0.15, -0.1) is 0 Å². The molecule has 0 amide bonds. The zero-order valence-corrected chi connectivity index (χ0v) is 21.2. The summed E-state index contributed by atoms with van der Waals surface area (Å²) in [4.78, 5) is 16.5. The standard InChI is InChI=1S/C29H33N7O/c1-37-13-12-36-26-14-18(24-16-32-28(34-24)22-4-2-10-30-22)6-8-20(26)21-9-7-19(15-27(21)36)25-17-33-29(35-25)23-5-3-11-31-23/h6-9,14-17,22-23,30-31H,2-5,10-13H2,1H3,(H,32,34)(H,33,35)/t22-,23-/m0/s1. The number of nitrogens with zero attached hydrogens (tertiary/aromatic N) is 3. The Morgan fingerprint density at radius 3 is 1.81 bits per heavy atom. The van der Waals surface area contributed by atoms with Crippen LogP contribution in [0.1, 0.15) is 49.4 Å². The molecule has 8 heteroatoms. The summed E-state index contributed by atoms with van der Waals surface area (Å²) in [5.41, 5.74) is 6.82. The fraction of sp³-hybridized carbons (Fsp3) is 0.379. The van der Waals surface area contributed by atoms with Crippen LogP contribution in [0, 0.1) is 0 Å². The number of aromatic nitrogens is 5. The van der Waals surface area contributed by atoms with Crippen LogP contribution in [0.4, 0.5) is 0 Å². The number of fused-ring (bicyclic) bond motifs is 3. The van der Waals surface area contributed by atoms with Gasteiger partial charge in [0.25, 0.3) is 0 Å². The van der Waals surface area contributed by atoms with E-state index in [1.54, 1.807) is 7.11 Å². The van der Waals surface area contributed by atoms with Crippen molar-refractivity contribution in [3.05, 3.63) is 60.4 Å². The van der Waals surface area contributed by atoms with Crippen molar-refractivity contribution in [3.63, 3.8) is 0 Å². The Morgan fingerprint density at radius 2 is 1.35 bits per heavy atom. The highest BCUT2D eigenvalue weighted by Gasteiger charge is 2.21. The molecular formula is C29H33N7O. The molecule has 7 rings (SSSR count). The summed E-state index contributed by atoms with van der Waals surface area (Å²) in [5.74, 6) is 2.06. The SMILES string of the molecule is COCCn1c2cc(-c3cnc([C@@H]4CCCN4)[nH]3)ccc2c2ccc(-c3cnc([C@@H]4CCCN4)[nH]3)cc21. The third-order valence-corrected chi connectivity index (χ3v) is 7.98. The van der Waals surface area contributed by atoms with Crippen LogP contribution in [0.5, 0.6) is 0 Å². The molecule has 3 aromatic heterocycles. The van der Waals surface area contributed by atoms with Gasteiger partial charge in [-0.2, -0.15) is 0 Å². The summed E-state index contributed by atoms with van der Waals surface area (Å²) in [6, 6.07) is 14.1. The second kappa shape index (κ2) is 9.45. The van der Waals surface area contributed by atoms with Crippen molar-refractivity contribution in [2.75, 3.05) is 26.8 Å². The molecule has 8 nitrogen and oxygen atoms in total. The molecule has 0 radical (unpaired) electrons. The highest BCUT2D eigenvalue weighted by molar-refractivity contribution is 6.09. The third-order valence-electron chi connectivity index (χ3n) is 7.98. The second-order valence-electron chi connectivity index (χ2n) is 10.3. The van der Waals surface area contributed by atoms with Crippen LogP contribution in [-0.4, -0.2) is 51.3 Å². The fourth-order valence-corrected chi connectivity index (χ4v) is 6.01. The summed E-state index contributed by atoms with van der Waals surface area (Å²) in [6.07, 6.45) is 8.60. The lowest BCUT2D eigenvalue weighted by Crippen LogP contribution is -2.14. The maximum absolute atomic E-state index is 5.50. The molecule has 5 heterocycles. The lowest BCUT2D eigenvalue weighted by atomic mass is 10.1. The monoisotopic (exact) mass is 495 g/mol. The molecule has 5 aromatic rings. The molecule has 37 heavy (non-hydrogen) atoms. The predicted molar refractivity (Wildman–Crippen MR) is 146 cm³/mol. The first-order valence-electron chi connectivity index (χ1n) is 13.4. The molecule has 2 aromatic carbocycles. The number of benzene rings is 2. The molecule has 2 aliphatic heterocycles. The van der Waals surface area contributed by atoms with Gasteiger partial charge in [-0.1, -0.05) is 24.3 Å². The van der Waals surface area contributed by atoms with Crippen molar-refractivity contribution in [2.45, 2.75) is 44.3 Å². The van der Waals surface area contributed by atoms with Gasteiger partial charge in [-0.3, -0.25) is 0 Å². The van der Waals surface area contributed by atoms with Crippen LogP contribution < -0.4 is 10.6 Å². The average Bonchev–Trinajstić information content (AvgIpc) is 3.76. The van der Waals surface area contributed by atoms with Gasteiger partial charge in [-0.05, 0) is 50.9 Å². The van der Waals surface area contributed by atoms with Crippen LogP contribution in [0.15, 0.2) is 48.8 Å².